The van der Waals surface area contributed by atoms with E-state index in [0.717, 1.165) is 37.9 Å². The summed E-state index contributed by atoms with van der Waals surface area (Å²) >= 11 is 1.44. The zero-order chi connectivity index (χ0) is 14.1. The highest BCUT2D eigenvalue weighted by Crippen LogP contribution is 2.32. The van der Waals surface area contributed by atoms with E-state index in [4.69, 9.17) is 0 Å². The predicted octanol–water partition coefficient (Wildman–Crippen LogP) is 2.04. The van der Waals surface area contributed by atoms with Gasteiger partial charge in [-0.25, -0.2) is 4.98 Å². The van der Waals surface area contributed by atoms with Gasteiger partial charge in [-0.1, -0.05) is 0 Å². The van der Waals surface area contributed by atoms with Gasteiger partial charge in [-0.3, -0.25) is 9.59 Å². The summed E-state index contributed by atoms with van der Waals surface area (Å²) in [6.07, 6.45) is 3.80. The van der Waals surface area contributed by atoms with Crippen LogP contribution in [0.25, 0.3) is 0 Å². The van der Waals surface area contributed by atoms with Gasteiger partial charge in [-0.2, -0.15) is 0 Å². The Morgan fingerprint density at radius 3 is 2.80 bits per heavy atom. The maximum atomic E-state index is 12.2. The number of piperidine rings is 1. The maximum absolute atomic E-state index is 12.2. The number of carbonyl (C=O) groups is 2. The van der Waals surface area contributed by atoms with Crippen molar-refractivity contribution in [3.63, 3.8) is 0 Å². The lowest BCUT2D eigenvalue weighted by molar-refractivity contribution is -0.135. The average Bonchev–Trinajstić information content (AvgIpc) is 3.22. The molecule has 1 N–H and O–H groups in total. The SMILES string of the molecule is Cc1csc(NC(=O)C2CCCN(C(=O)C3CC3)C2)n1. The van der Waals surface area contributed by atoms with Crippen LogP contribution in [-0.2, 0) is 9.59 Å². The van der Waals surface area contributed by atoms with E-state index in [9.17, 15) is 9.59 Å². The zero-order valence-corrected chi connectivity index (χ0v) is 12.4. The minimum atomic E-state index is -0.101. The molecule has 1 atom stereocenters. The van der Waals surface area contributed by atoms with Crippen molar-refractivity contribution >= 4 is 28.3 Å². The smallest absolute Gasteiger partial charge is 0.231 e. The van der Waals surface area contributed by atoms with Crippen LogP contribution >= 0.6 is 11.3 Å². The van der Waals surface area contributed by atoms with E-state index in [0.29, 0.717) is 11.7 Å². The van der Waals surface area contributed by atoms with Crippen molar-refractivity contribution in [3.8, 4) is 0 Å². The Morgan fingerprint density at radius 1 is 1.35 bits per heavy atom. The lowest BCUT2D eigenvalue weighted by atomic mass is 9.97. The summed E-state index contributed by atoms with van der Waals surface area (Å²) in [6, 6.07) is 0. The first-order valence-corrected chi connectivity index (χ1v) is 8.03. The molecule has 2 aliphatic rings. The number of hydrogen-bond acceptors (Lipinski definition) is 4. The molecule has 0 aromatic carbocycles. The van der Waals surface area contributed by atoms with Gasteiger partial charge in [0.1, 0.15) is 0 Å². The molecule has 108 valence electrons. The Balaban J connectivity index is 1.58. The minimum absolute atomic E-state index is 0.00681. The normalized spacial score (nSPS) is 22.6. The summed E-state index contributed by atoms with van der Waals surface area (Å²) < 4.78 is 0. The molecule has 0 radical (unpaired) electrons. The Bertz CT molecular complexity index is 524. The number of carbonyl (C=O) groups excluding carboxylic acids is 2. The molecule has 1 aliphatic carbocycles. The fourth-order valence-electron chi connectivity index (χ4n) is 2.60. The highest BCUT2D eigenvalue weighted by Gasteiger charge is 2.36. The van der Waals surface area contributed by atoms with Gasteiger partial charge in [0.2, 0.25) is 11.8 Å². The highest BCUT2D eigenvalue weighted by atomic mass is 32.1. The van der Waals surface area contributed by atoms with Crippen molar-refractivity contribution in [2.75, 3.05) is 18.4 Å². The number of nitrogens with zero attached hydrogens (tertiary/aromatic N) is 2. The molecule has 2 fully saturated rings. The monoisotopic (exact) mass is 293 g/mol. The summed E-state index contributed by atoms with van der Waals surface area (Å²) in [5.74, 6) is 0.370. The third kappa shape index (κ3) is 3.00. The van der Waals surface area contributed by atoms with Gasteiger partial charge in [0.25, 0.3) is 0 Å². The second-order valence-electron chi connectivity index (χ2n) is 5.68. The first-order valence-electron chi connectivity index (χ1n) is 7.15. The Kier molecular flexibility index (Phi) is 3.74. The fraction of sp³-hybridized carbons (Fsp3) is 0.643. The van der Waals surface area contributed by atoms with Crippen LogP contribution in [0.1, 0.15) is 31.4 Å². The van der Waals surface area contributed by atoms with Crippen molar-refractivity contribution < 1.29 is 9.59 Å². The number of thiazole rings is 1. The first-order chi connectivity index (χ1) is 9.63. The van der Waals surface area contributed by atoms with Crippen molar-refractivity contribution in [1.29, 1.82) is 0 Å². The molecular weight excluding hydrogens is 274 g/mol. The summed E-state index contributed by atoms with van der Waals surface area (Å²) in [4.78, 5) is 30.4. The van der Waals surface area contributed by atoms with E-state index in [2.05, 4.69) is 10.3 Å². The van der Waals surface area contributed by atoms with Gasteiger partial charge in [0.05, 0.1) is 11.6 Å². The second kappa shape index (κ2) is 5.52. The number of likely N-dealkylation sites (tertiary alicyclic amines) is 1. The van der Waals surface area contributed by atoms with Crippen molar-refractivity contribution in [1.82, 2.24) is 9.88 Å². The molecule has 1 saturated carbocycles. The average molecular weight is 293 g/mol. The van der Waals surface area contributed by atoms with Crippen LogP contribution in [-0.4, -0.2) is 34.8 Å². The van der Waals surface area contributed by atoms with Gasteiger partial charge < -0.3 is 10.2 Å². The van der Waals surface area contributed by atoms with Crippen LogP contribution in [0.5, 0.6) is 0 Å². The van der Waals surface area contributed by atoms with Crippen LogP contribution in [0.2, 0.25) is 0 Å². The Labute approximate surface area is 122 Å². The first kappa shape index (κ1) is 13.5. The minimum Gasteiger partial charge on any atom is -0.342 e. The van der Waals surface area contributed by atoms with Gasteiger partial charge in [-0.15, -0.1) is 11.3 Å². The molecule has 0 spiro atoms. The molecule has 6 heteroatoms. The molecule has 5 nitrogen and oxygen atoms in total. The number of rotatable bonds is 3. The molecule has 2 amide bonds. The largest absolute Gasteiger partial charge is 0.342 e. The van der Waals surface area contributed by atoms with Gasteiger partial charge in [0.15, 0.2) is 5.13 Å². The lowest BCUT2D eigenvalue weighted by Crippen LogP contribution is -2.44. The summed E-state index contributed by atoms with van der Waals surface area (Å²) in [7, 11) is 0. The number of hydrogen-bond donors (Lipinski definition) is 1. The molecule has 2 heterocycles. The summed E-state index contributed by atoms with van der Waals surface area (Å²) in [5.41, 5.74) is 0.916. The molecule has 1 aromatic heterocycles. The number of aryl methyl sites for hydroxylation is 1. The molecule has 20 heavy (non-hydrogen) atoms. The standard InChI is InChI=1S/C14H19N3O2S/c1-9-8-20-14(15-9)16-12(18)11-3-2-6-17(7-11)13(19)10-4-5-10/h8,10-11H,2-7H2,1H3,(H,15,16,18). The van der Waals surface area contributed by atoms with E-state index in [1.54, 1.807) is 0 Å². The van der Waals surface area contributed by atoms with Gasteiger partial charge in [-0.05, 0) is 32.6 Å². The van der Waals surface area contributed by atoms with E-state index in [1.165, 1.54) is 11.3 Å². The van der Waals surface area contributed by atoms with Crippen molar-refractivity contribution in [3.05, 3.63) is 11.1 Å². The molecule has 3 rings (SSSR count). The molecular formula is C14H19N3O2S. The van der Waals surface area contributed by atoms with Gasteiger partial charge in [0, 0.05) is 24.4 Å². The highest BCUT2D eigenvalue weighted by molar-refractivity contribution is 7.13. The van der Waals surface area contributed by atoms with E-state index in [-0.39, 0.29) is 23.7 Å². The molecule has 1 unspecified atom stereocenters. The zero-order valence-electron chi connectivity index (χ0n) is 11.6. The van der Waals surface area contributed by atoms with Crippen LogP contribution < -0.4 is 5.32 Å². The fourth-order valence-corrected chi connectivity index (χ4v) is 3.29. The molecule has 1 saturated heterocycles. The lowest BCUT2D eigenvalue weighted by Gasteiger charge is -2.32. The molecule has 0 bridgehead atoms. The van der Waals surface area contributed by atoms with Crippen LogP contribution in [0.3, 0.4) is 0 Å². The van der Waals surface area contributed by atoms with E-state index >= 15 is 0 Å². The Hall–Kier alpha value is -1.43. The van der Waals surface area contributed by atoms with Crippen molar-refractivity contribution in [2.45, 2.75) is 32.6 Å². The number of aromatic nitrogens is 1. The summed E-state index contributed by atoms with van der Waals surface area (Å²) in [5, 5.41) is 5.43. The number of nitrogens with one attached hydrogen (secondary N) is 1. The third-order valence-electron chi connectivity index (χ3n) is 3.88. The molecule has 1 aromatic rings. The van der Waals surface area contributed by atoms with E-state index < -0.39 is 0 Å². The number of amides is 2. The predicted molar refractivity (Wildman–Crippen MR) is 77.5 cm³/mol. The quantitative estimate of drug-likeness (QED) is 0.927. The molecule has 1 aliphatic heterocycles. The maximum Gasteiger partial charge on any atom is 0.231 e. The number of anilines is 1. The van der Waals surface area contributed by atoms with Crippen LogP contribution in [0.4, 0.5) is 5.13 Å². The van der Waals surface area contributed by atoms with Gasteiger partial charge >= 0.3 is 0 Å². The topological polar surface area (TPSA) is 62.3 Å². The Morgan fingerprint density at radius 2 is 2.15 bits per heavy atom. The third-order valence-corrected chi connectivity index (χ3v) is 4.76. The summed E-state index contributed by atoms with van der Waals surface area (Å²) in [6.45, 7) is 3.27. The second-order valence-corrected chi connectivity index (χ2v) is 6.54. The van der Waals surface area contributed by atoms with E-state index in [1.807, 2.05) is 17.2 Å². The van der Waals surface area contributed by atoms with Crippen LogP contribution in [0.15, 0.2) is 5.38 Å². The van der Waals surface area contributed by atoms with Crippen LogP contribution in [0, 0.1) is 18.8 Å². The van der Waals surface area contributed by atoms with Crippen molar-refractivity contribution in [2.24, 2.45) is 11.8 Å².